The predicted molar refractivity (Wildman–Crippen MR) is 71.6 cm³/mol. The molecule has 0 aromatic carbocycles. The SMILES string of the molecule is CCCC(C(=O)OCC)N1CC(C)C(C(=O)OC)C1. The quantitative estimate of drug-likeness (QED) is 0.685. The molecular formula is C14H25NO4. The fraction of sp³-hybridized carbons (Fsp3) is 0.857. The molecule has 0 aliphatic carbocycles. The molecule has 0 N–H and O–H groups in total. The first kappa shape index (κ1) is 16.0. The number of likely N-dealkylation sites (tertiary alicyclic amines) is 1. The van der Waals surface area contributed by atoms with E-state index in [1.165, 1.54) is 7.11 Å². The second-order valence-corrected chi connectivity index (χ2v) is 5.12. The molecule has 0 bridgehead atoms. The second kappa shape index (κ2) is 7.48. The number of carbonyl (C=O) groups is 2. The first-order chi connectivity index (χ1) is 9.04. The third-order valence-electron chi connectivity index (χ3n) is 3.71. The Labute approximate surface area is 115 Å². The molecule has 0 saturated carbocycles. The van der Waals surface area contributed by atoms with Crippen LogP contribution in [0.5, 0.6) is 0 Å². The van der Waals surface area contributed by atoms with Crippen molar-refractivity contribution in [2.24, 2.45) is 11.8 Å². The molecule has 1 heterocycles. The van der Waals surface area contributed by atoms with Crippen LogP contribution in [-0.2, 0) is 19.1 Å². The van der Waals surface area contributed by atoms with Gasteiger partial charge in [-0.15, -0.1) is 0 Å². The molecule has 1 saturated heterocycles. The lowest BCUT2D eigenvalue weighted by Gasteiger charge is -2.25. The molecule has 5 heteroatoms. The van der Waals surface area contributed by atoms with Crippen LogP contribution >= 0.6 is 0 Å². The summed E-state index contributed by atoms with van der Waals surface area (Å²) >= 11 is 0. The van der Waals surface area contributed by atoms with Gasteiger partial charge in [-0.25, -0.2) is 0 Å². The molecule has 0 spiro atoms. The van der Waals surface area contributed by atoms with Crippen LogP contribution in [-0.4, -0.2) is 49.7 Å². The summed E-state index contributed by atoms with van der Waals surface area (Å²) in [6, 6.07) is -0.234. The summed E-state index contributed by atoms with van der Waals surface area (Å²) in [6.07, 6.45) is 1.68. The monoisotopic (exact) mass is 271 g/mol. The van der Waals surface area contributed by atoms with Crippen LogP contribution in [0, 0.1) is 11.8 Å². The molecule has 5 nitrogen and oxygen atoms in total. The van der Waals surface area contributed by atoms with Crippen LogP contribution in [0.25, 0.3) is 0 Å². The highest BCUT2D eigenvalue weighted by Crippen LogP contribution is 2.27. The smallest absolute Gasteiger partial charge is 0.323 e. The number of ether oxygens (including phenoxy) is 2. The van der Waals surface area contributed by atoms with Crippen molar-refractivity contribution in [3.63, 3.8) is 0 Å². The average molecular weight is 271 g/mol. The molecule has 19 heavy (non-hydrogen) atoms. The standard InChI is InChI=1S/C14H25NO4/c1-5-7-12(14(17)19-6-2)15-8-10(3)11(9-15)13(16)18-4/h10-12H,5-9H2,1-4H3. The predicted octanol–water partition coefficient (Wildman–Crippen LogP) is 1.46. The fourth-order valence-corrected chi connectivity index (χ4v) is 2.68. The Morgan fingerprint density at radius 1 is 1.32 bits per heavy atom. The molecule has 0 amide bonds. The summed E-state index contributed by atoms with van der Waals surface area (Å²) in [7, 11) is 1.41. The van der Waals surface area contributed by atoms with Crippen LogP contribution < -0.4 is 0 Å². The topological polar surface area (TPSA) is 55.8 Å². The molecule has 1 aliphatic rings. The van der Waals surface area contributed by atoms with Crippen LogP contribution in [0.4, 0.5) is 0 Å². The molecule has 1 rings (SSSR count). The molecule has 0 aromatic heterocycles. The van der Waals surface area contributed by atoms with Gasteiger partial charge in [0.15, 0.2) is 0 Å². The van der Waals surface area contributed by atoms with E-state index in [0.29, 0.717) is 13.2 Å². The molecular weight excluding hydrogens is 246 g/mol. The van der Waals surface area contributed by atoms with Gasteiger partial charge in [0.1, 0.15) is 6.04 Å². The molecule has 1 aliphatic heterocycles. The van der Waals surface area contributed by atoms with Crippen molar-refractivity contribution >= 4 is 11.9 Å². The first-order valence-electron chi connectivity index (χ1n) is 7.03. The van der Waals surface area contributed by atoms with E-state index >= 15 is 0 Å². The number of hydrogen-bond donors (Lipinski definition) is 0. The second-order valence-electron chi connectivity index (χ2n) is 5.12. The zero-order valence-corrected chi connectivity index (χ0v) is 12.3. The summed E-state index contributed by atoms with van der Waals surface area (Å²) in [4.78, 5) is 25.7. The van der Waals surface area contributed by atoms with Crippen molar-refractivity contribution in [2.45, 2.75) is 39.7 Å². The lowest BCUT2D eigenvalue weighted by atomic mass is 9.99. The third-order valence-corrected chi connectivity index (χ3v) is 3.71. The third kappa shape index (κ3) is 3.93. The summed E-state index contributed by atoms with van der Waals surface area (Å²) in [6.45, 7) is 7.59. The Hall–Kier alpha value is -1.10. The Kier molecular flexibility index (Phi) is 6.28. The van der Waals surface area contributed by atoms with Crippen LogP contribution in [0.3, 0.4) is 0 Å². The van der Waals surface area contributed by atoms with E-state index < -0.39 is 0 Å². The van der Waals surface area contributed by atoms with Crippen molar-refractivity contribution in [2.75, 3.05) is 26.8 Å². The van der Waals surface area contributed by atoms with Gasteiger partial charge in [-0.3, -0.25) is 14.5 Å². The molecule has 110 valence electrons. The van der Waals surface area contributed by atoms with Crippen molar-refractivity contribution < 1.29 is 19.1 Å². The maximum Gasteiger partial charge on any atom is 0.323 e. The van der Waals surface area contributed by atoms with Gasteiger partial charge in [0.25, 0.3) is 0 Å². The highest BCUT2D eigenvalue weighted by atomic mass is 16.5. The van der Waals surface area contributed by atoms with Gasteiger partial charge in [0, 0.05) is 13.1 Å². The fourth-order valence-electron chi connectivity index (χ4n) is 2.68. The van der Waals surface area contributed by atoms with E-state index in [1.807, 2.05) is 20.8 Å². The van der Waals surface area contributed by atoms with Gasteiger partial charge in [0.05, 0.1) is 19.6 Å². The van der Waals surface area contributed by atoms with E-state index in [0.717, 1.165) is 19.4 Å². The van der Waals surface area contributed by atoms with Crippen molar-refractivity contribution in [1.29, 1.82) is 0 Å². The maximum absolute atomic E-state index is 12.0. The normalized spacial score (nSPS) is 25.1. The summed E-state index contributed by atoms with van der Waals surface area (Å²) in [5.74, 6) is -0.295. The number of nitrogens with zero attached hydrogens (tertiary/aromatic N) is 1. The number of hydrogen-bond acceptors (Lipinski definition) is 5. The maximum atomic E-state index is 12.0. The molecule has 3 unspecified atom stereocenters. The number of esters is 2. The zero-order valence-electron chi connectivity index (χ0n) is 12.3. The number of methoxy groups -OCH3 is 1. The van der Waals surface area contributed by atoms with Gasteiger partial charge in [-0.2, -0.15) is 0 Å². The molecule has 1 fully saturated rings. The Balaban J connectivity index is 2.71. The Morgan fingerprint density at radius 3 is 2.53 bits per heavy atom. The van der Waals surface area contributed by atoms with E-state index in [1.54, 1.807) is 0 Å². The summed E-state index contributed by atoms with van der Waals surface area (Å²) in [5.41, 5.74) is 0. The van der Waals surface area contributed by atoms with Crippen molar-refractivity contribution in [3.05, 3.63) is 0 Å². The Morgan fingerprint density at radius 2 is 2.00 bits per heavy atom. The lowest BCUT2D eigenvalue weighted by molar-refractivity contribution is -0.151. The first-order valence-corrected chi connectivity index (χ1v) is 7.03. The van der Waals surface area contributed by atoms with Crippen LogP contribution in [0.2, 0.25) is 0 Å². The molecule has 0 aromatic rings. The number of rotatable bonds is 6. The van der Waals surface area contributed by atoms with Gasteiger partial charge in [-0.05, 0) is 19.3 Å². The van der Waals surface area contributed by atoms with Gasteiger partial charge in [-0.1, -0.05) is 20.3 Å². The van der Waals surface area contributed by atoms with Crippen molar-refractivity contribution in [3.8, 4) is 0 Å². The van der Waals surface area contributed by atoms with E-state index in [4.69, 9.17) is 9.47 Å². The van der Waals surface area contributed by atoms with Gasteiger partial charge in [0.2, 0.25) is 0 Å². The minimum atomic E-state index is -0.234. The van der Waals surface area contributed by atoms with Crippen LogP contribution in [0.15, 0.2) is 0 Å². The highest BCUT2D eigenvalue weighted by Gasteiger charge is 2.40. The summed E-state index contributed by atoms with van der Waals surface area (Å²) in [5, 5.41) is 0. The summed E-state index contributed by atoms with van der Waals surface area (Å²) < 4.78 is 9.95. The minimum absolute atomic E-state index is 0.140. The minimum Gasteiger partial charge on any atom is -0.469 e. The van der Waals surface area contributed by atoms with Crippen molar-refractivity contribution in [1.82, 2.24) is 4.90 Å². The van der Waals surface area contributed by atoms with E-state index in [2.05, 4.69) is 4.90 Å². The zero-order chi connectivity index (χ0) is 14.4. The van der Waals surface area contributed by atoms with E-state index in [-0.39, 0.29) is 29.8 Å². The largest absolute Gasteiger partial charge is 0.469 e. The lowest BCUT2D eigenvalue weighted by Crippen LogP contribution is -2.41. The van der Waals surface area contributed by atoms with Crippen LogP contribution in [0.1, 0.15) is 33.6 Å². The Bertz CT molecular complexity index is 319. The average Bonchev–Trinajstić information content (AvgIpc) is 2.77. The van der Waals surface area contributed by atoms with E-state index in [9.17, 15) is 9.59 Å². The molecule has 3 atom stereocenters. The highest BCUT2D eigenvalue weighted by molar-refractivity contribution is 5.77. The number of carbonyl (C=O) groups excluding carboxylic acids is 2. The van der Waals surface area contributed by atoms with Gasteiger partial charge >= 0.3 is 11.9 Å². The van der Waals surface area contributed by atoms with Gasteiger partial charge < -0.3 is 9.47 Å². The molecule has 0 radical (unpaired) electrons.